The number of hydrogen-bond donors (Lipinski definition) is 1. The van der Waals surface area contributed by atoms with Gasteiger partial charge in [-0.1, -0.05) is 33.3 Å². The molecule has 1 N–H and O–H groups in total. The van der Waals surface area contributed by atoms with Crippen molar-refractivity contribution in [2.24, 2.45) is 28.6 Å². The Morgan fingerprint density at radius 3 is 2.60 bits per heavy atom. The predicted octanol–water partition coefficient (Wildman–Crippen LogP) is 5.18. The van der Waals surface area contributed by atoms with E-state index < -0.39 is 69.3 Å². The molecule has 0 radical (unpaired) electrons. The average Bonchev–Trinajstić information content (AvgIpc) is 3.03. The summed E-state index contributed by atoms with van der Waals surface area (Å²) >= 11 is 6.05. The van der Waals surface area contributed by atoms with Crippen molar-refractivity contribution in [2.75, 3.05) is 5.88 Å². The number of ketones is 2. The molecule has 0 unspecified atom stereocenters. The highest BCUT2D eigenvalue weighted by Crippen LogP contribution is 2.71. The van der Waals surface area contributed by atoms with Crippen LogP contribution in [0.3, 0.4) is 0 Å². The summed E-state index contributed by atoms with van der Waals surface area (Å²) in [6.45, 7) is 7.12. The molecule has 0 aromatic carbocycles. The first-order valence-electron chi connectivity index (χ1n) is 12.7. The number of unbranched alkanes of at least 4 members (excludes halogenated alkanes) is 1. The maximum absolute atomic E-state index is 17.3. The van der Waals surface area contributed by atoms with E-state index in [1.54, 1.807) is 13.8 Å². The van der Waals surface area contributed by atoms with E-state index in [2.05, 4.69) is 0 Å². The van der Waals surface area contributed by atoms with Crippen LogP contribution in [0, 0.1) is 28.6 Å². The third-order valence-electron chi connectivity index (χ3n) is 9.82. The van der Waals surface area contributed by atoms with Crippen LogP contribution in [0.15, 0.2) is 23.6 Å². The van der Waals surface area contributed by atoms with Gasteiger partial charge in [0.1, 0.15) is 0 Å². The smallest absolute Gasteiger partial charge is 0.306 e. The standard InChI is InChI=1S/C27H35ClF2O5/c1-5-6-7-22(34)35-27(21(33)14-28)15(2)12-18-16-8-9-17-23(29)19(31)10-11-24(17,3)26(16,30)20(32)13-25(18,27)4/h10-11,15-16,18,20,32H,5-9,12-14H2,1-4H3/t15-,16+,18+,20+,24+,25+,26+,27-/m1/s1. The fraction of sp³-hybridized carbons (Fsp3) is 0.741. The molecule has 194 valence electrons. The highest BCUT2D eigenvalue weighted by Gasteiger charge is 2.77. The molecule has 0 saturated heterocycles. The minimum absolute atomic E-state index is 0.0894. The van der Waals surface area contributed by atoms with Crippen molar-refractivity contribution < 1.29 is 33.0 Å². The van der Waals surface area contributed by atoms with Crippen LogP contribution in [0.25, 0.3) is 0 Å². The number of hydrogen-bond acceptors (Lipinski definition) is 5. The van der Waals surface area contributed by atoms with Gasteiger partial charge in [0.05, 0.1) is 12.0 Å². The summed E-state index contributed by atoms with van der Waals surface area (Å²) in [5.74, 6) is -4.59. The number of alkyl halides is 2. The maximum Gasteiger partial charge on any atom is 0.306 e. The molecule has 5 nitrogen and oxygen atoms in total. The molecule has 8 atom stereocenters. The lowest BCUT2D eigenvalue weighted by molar-refractivity contribution is -0.227. The number of aliphatic hydroxyl groups excluding tert-OH is 1. The largest absolute Gasteiger partial charge is 0.450 e. The van der Waals surface area contributed by atoms with Crippen molar-refractivity contribution in [1.29, 1.82) is 0 Å². The van der Waals surface area contributed by atoms with Crippen LogP contribution in [0.2, 0.25) is 0 Å². The van der Waals surface area contributed by atoms with E-state index >= 15 is 4.39 Å². The van der Waals surface area contributed by atoms with Gasteiger partial charge < -0.3 is 9.84 Å². The monoisotopic (exact) mass is 512 g/mol. The topological polar surface area (TPSA) is 80.7 Å². The number of halogens is 3. The summed E-state index contributed by atoms with van der Waals surface area (Å²) in [7, 11) is 0. The first-order valence-corrected chi connectivity index (χ1v) is 13.2. The molecule has 0 aliphatic heterocycles. The highest BCUT2D eigenvalue weighted by atomic mass is 35.5. The molecule has 4 rings (SSSR count). The van der Waals surface area contributed by atoms with Crippen molar-refractivity contribution in [3.8, 4) is 0 Å². The summed E-state index contributed by atoms with van der Waals surface area (Å²) < 4.78 is 38.2. The number of ether oxygens (including phenoxy) is 1. The van der Waals surface area contributed by atoms with Gasteiger partial charge in [-0.25, -0.2) is 8.78 Å². The van der Waals surface area contributed by atoms with Crippen LogP contribution in [0.4, 0.5) is 8.78 Å². The molecule has 3 saturated carbocycles. The first-order chi connectivity index (χ1) is 16.3. The molecular weight excluding hydrogens is 478 g/mol. The van der Waals surface area contributed by atoms with E-state index in [-0.39, 0.29) is 37.1 Å². The van der Waals surface area contributed by atoms with Gasteiger partial charge in [-0.2, -0.15) is 0 Å². The van der Waals surface area contributed by atoms with E-state index in [9.17, 15) is 23.9 Å². The lowest BCUT2D eigenvalue weighted by Crippen LogP contribution is -2.70. The number of allylic oxidation sites excluding steroid dienone is 4. The maximum atomic E-state index is 17.3. The van der Waals surface area contributed by atoms with Crippen molar-refractivity contribution in [3.63, 3.8) is 0 Å². The van der Waals surface area contributed by atoms with Crippen LogP contribution >= 0.6 is 11.6 Å². The Bertz CT molecular complexity index is 1010. The van der Waals surface area contributed by atoms with Crippen LogP contribution in [0.1, 0.15) is 72.6 Å². The van der Waals surface area contributed by atoms with Crippen LogP contribution < -0.4 is 0 Å². The molecule has 0 heterocycles. The molecule has 0 aromatic rings. The van der Waals surface area contributed by atoms with Crippen molar-refractivity contribution >= 4 is 29.1 Å². The minimum Gasteiger partial charge on any atom is -0.450 e. The SMILES string of the molecule is CCCCC(=O)O[C@@]1(C(=O)CCl)[C@H](C)C[C@H]2[C@@H]3CCC4=C(F)C(=O)C=C[C@]4(C)[C@@]3(F)[C@@H](O)C[C@@]21C. The summed E-state index contributed by atoms with van der Waals surface area (Å²) in [4.78, 5) is 38.3. The van der Waals surface area contributed by atoms with Gasteiger partial charge in [-0.3, -0.25) is 14.4 Å². The number of carbonyl (C=O) groups is 3. The van der Waals surface area contributed by atoms with Crippen LogP contribution in [-0.4, -0.2) is 45.9 Å². The highest BCUT2D eigenvalue weighted by molar-refractivity contribution is 6.29. The van der Waals surface area contributed by atoms with Gasteiger partial charge in [-0.15, -0.1) is 11.6 Å². The number of fused-ring (bicyclic) bond motifs is 5. The molecule has 0 aromatic heterocycles. The van der Waals surface area contributed by atoms with Crippen molar-refractivity contribution in [2.45, 2.75) is 90.0 Å². The van der Waals surface area contributed by atoms with E-state index in [4.69, 9.17) is 16.3 Å². The van der Waals surface area contributed by atoms with Gasteiger partial charge in [-0.05, 0) is 56.6 Å². The zero-order chi connectivity index (χ0) is 26.0. The Morgan fingerprint density at radius 2 is 1.97 bits per heavy atom. The van der Waals surface area contributed by atoms with Crippen LogP contribution in [-0.2, 0) is 19.1 Å². The van der Waals surface area contributed by atoms with Gasteiger partial charge in [0, 0.05) is 29.1 Å². The Balaban J connectivity index is 1.82. The number of rotatable bonds is 6. The van der Waals surface area contributed by atoms with E-state index in [1.165, 1.54) is 6.08 Å². The van der Waals surface area contributed by atoms with E-state index in [1.807, 2.05) is 13.8 Å². The molecule has 35 heavy (non-hydrogen) atoms. The van der Waals surface area contributed by atoms with Crippen molar-refractivity contribution in [3.05, 3.63) is 23.6 Å². The van der Waals surface area contributed by atoms with E-state index in [0.717, 1.165) is 12.5 Å². The fourth-order valence-corrected chi connectivity index (χ4v) is 8.33. The third-order valence-corrected chi connectivity index (χ3v) is 10.1. The second-order valence-corrected chi connectivity index (χ2v) is 11.6. The Labute approximate surface area is 210 Å². The zero-order valence-electron chi connectivity index (χ0n) is 20.8. The minimum atomic E-state index is -2.24. The lowest BCUT2D eigenvalue weighted by atomic mass is 9.44. The molecule has 0 bridgehead atoms. The number of aliphatic hydroxyl groups is 1. The summed E-state index contributed by atoms with van der Waals surface area (Å²) in [6.07, 6.45) is 3.09. The van der Waals surface area contributed by atoms with Gasteiger partial charge in [0.15, 0.2) is 22.9 Å². The summed E-state index contributed by atoms with van der Waals surface area (Å²) in [5.41, 5.74) is -6.27. The zero-order valence-corrected chi connectivity index (χ0v) is 21.6. The van der Waals surface area contributed by atoms with Crippen LogP contribution in [0.5, 0.6) is 0 Å². The Kier molecular flexibility index (Phi) is 6.62. The molecule has 0 spiro atoms. The second kappa shape index (κ2) is 8.76. The molecule has 8 heteroatoms. The molecule has 4 aliphatic rings. The van der Waals surface area contributed by atoms with Gasteiger partial charge in [0.2, 0.25) is 5.78 Å². The molecule has 3 fully saturated rings. The Hall–Kier alpha value is -1.60. The quantitative estimate of drug-likeness (QED) is 0.392. The number of carbonyl (C=O) groups excluding carboxylic acids is 3. The predicted molar refractivity (Wildman–Crippen MR) is 127 cm³/mol. The molecular formula is C27H35ClF2O5. The molecule has 0 amide bonds. The molecule has 4 aliphatic carbocycles. The van der Waals surface area contributed by atoms with Gasteiger partial charge in [0.25, 0.3) is 0 Å². The lowest BCUT2D eigenvalue weighted by Gasteiger charge is -2.62. The third kappa shape index (κ3) is 3.29. The normalized spacial score (nSPS) is 44.5. The first kappa shape index (κ1) is 26.5. The second-order valence-electron chi connectivity index (χ2n) is 11.4. The average molecular weight is 513 g/mol. The summed E-state index contributed by atoms with van der Waals surface area (Å²) in [6, 6.07) is 0. The fourth-order valence-electron chi connectivity index (χ4n) is 8.13. The number of Topliss-reactive ketones (excluding diaryl/α,β-unsaturated/α-hetero) is 1. The number of esters is 1. The van der Waals surface area contributed by atoms with Crippen molar-refractivity contribution in [1.82, 2.24) is 0 Å². The van der Waals surface area contributed by atoms with Gasteiger partial charge >= 0.3 is 5.97 Å². The Morgan fingerprint density at radius 1 is 1.29 bits per heavy atom. The van der Waals surface area contributed by atoms with E-state index in [0.29, 0.717) is 12.8 Å². The summed E-state index contributed by atoms with van der Waals surface area (Å²) in [5, 5.41) is 11.5.